The monoisotopic (exact) mass is 214 g/mol. The van der Waals surface area contributed by atoms with Crippen molar-refractivity contribution >= 4 is 5.69 Å². The second kappa shape index (κ2) is 4.23. The number of nitrogens with zero attached hydrogens (tertiary/aromatic N) is 1. The Bertz CT molecular complexity index is 509. The van der Waals surface area contributed by atoms with Gasteiger partial charge in [0.05, 0.1) is 12.8 Å². The quantitative estimate of drug-likeness (QED) is 0.836. The summed E-state index contributed by atoms with van der Waals surface area (Å²) in [6.07, 6.45) is 3.44. The number of benzene rings is 1. The number of nitrogens with two attached hydrogens (primary N) is 1. The van der Waals surface area contributed by atoms with Crippen LogP contribution in [0.1, 0.15) is 5.56 Å². The molecule has 2 N–H and O–H groups in total. The van der Waals surface area contributed by atoms with Gasteiger partial charge < -0.3 is 10.5 Å². The molecule has 0 amide bonds. The van der Waals surface area contributed by atoms with Gasteiger partial charge >= 0.3 is 0 Å². The van der Waals surface area contributed by atoms with Crippen molar-refractivity contribution < 1.29 is 4.74 Å². The topological polar surface area (TPSA) is 48.1 Å². The van der Waals surface area contributed by atoms with Gasteiger partial charge in [-0.3, -0.25) is 4.98 Å². The van der Waals surface area contributed by atoms with Gasteiger partial charge in [-0.2, -0.15) is 0 Å². The fourth-order valence-corrected chi connectivity index (χ4v) is 1.67. The predicted octanol–water partition coefficient (Wildman–Crippen LogP) is 2.65. The summed E-state index contributed by atoms with van der Waals surface area (Å²) in [5.74, 6) is 0.889. The molecule has 16 heavy (non-hydrogen) atoms. The van der Waals surface area contributed by atoms with Crippen LogP contribution in [0.5, 0.6) is 5.75 Å². The lowest BCUT2D eigenvalue weighted by atomic mass is 10.0. The normalized spacial score (nSPS) is 10.1. The first-order valence-electron chi connectivity index (χ1n) is 5.06. The molecule has 0 fully saturated rings. The van der Waals surface area contributed by atoms with E-state index in [1.807, 2.05) is 25.1 Å². The van der Waals surface area contributed by atoms with Crippen molar-refractivity contribution in [3.05, 3.63) is 42.2 Å². The molecule has 82 valence electrons. The van der Waals surface area contributed by atoms with Crippen LogP contribution < -0.4 is 10.5 Å². The molecule has 0 spiro atoms. The highest BCUT2D eigenvalue weighted by molar-refractivity contribution is 5.67. The van der Waals surface area contributed by atoms with Crippen LogP contribution >= 0.6 is 0 Å². The second-order valence-electron chi connectivity index (χ2n) is 3.69. The Morgan fingerprint density at radius 2 is 1.94 bits per heavy atom. The number of pyridine rings is 1. The Morgan fingerprint density at radius 3 is 2.56 bits per heavy atom. The van der Waals surface area contributed by atoms with E-state index < -0.39 is 0 Å². The first kappa shape index (κ1) is 10.5. The van der Waals surface area contributed by atoms with Crippen molar-refractivity contribution in [3.63, 3.8) is 0 Å². The summed E-state index contributed by atoms with van der Waals surface area (Å²) in [6, 6.07) is 7.93. The Labute approximate surface area is 94.9 Å². The van der Waals surface area contributed by atoms with E-state index in [1.54, 1.807) is 19.5 Å². The van der Waals surface area contributed by atoms with Crippen LogP contribution in [0, 0.1) is 6.92 Å². The van der Waals surface area contributed by atoms with E-state index in [1.165, 1.54) is 0 Å². The lowest BCUT2D eigenvalue weighted by Crippen LogP contribution is -1.90. The zero-order valence-electron chi connectivity index (χ0n) is 9.40. The minimum atomic E-state index is 0.672. The summed E-state index contributed by atoms with van der Waals surface area (Å²) >= 11 is 0. The molecule has 0 aliphatic rings. The third-order valence-corrected chi connectivity index (χ3v) is 2.49. The first-order chi connectivity index (χ1) is 7.70. The van der Waals surface area contributed by atoms with Crippen molar-refractivity contribution in [3.8, 4) is 16.9 Å². The van der Waals surface area contributed by atoms with E-state index in [4.69, 9.17) is 10.5 Å². The minimum absolute atomic E-state index is 0.672. The Balaban J connectivity index is 2.45. The third kappa shape index (κ3) is 1.98. The van der Waals surface area contributed by atoms with E-state index in [-0.39, 0.29) is 0 Å². The molecule has 3 nitrogen and oxygen atoms in total. The molecule has 0 atom stereocenters. The van der Waals surface area contributed by atoms with Gasteiger partial charge in [-0.25, -0.2) is 0 Å². The van der Waals surface area contributed by atoms with Crippen molar-refractivity contribution in [2.45, 2.75) is 6.92 Å². The molecule has 0 bridgehead atoms. The lowest BCUT2D eigenvalue weighted by Gasteiger charge is -2.07. The maximum atomic E-state index is 5.70. The van der Waals surface area contributed by atoms with Crippen LogP contribution in [0.2, 0.25) is 0 Å². The number of hydrogen-bond donors (Lipinski definition) is 1. The van der Waals surface area contributed by atoms with Crippen molar-refractivity contribution in [1.82, 2.24) is 4.98 Å². The summed E-state index contributed by atoms with van der Waals surface area (Å²) in [5.41, 5.74) is 9.59. The summed E-state index contributed by atoms with van der Waals surface area (Å²) in [4.78, 5) is 4.08. The molecule has 0 saturated carbocycles. The Kier molecular flexibility index (Phi) is 2.77. The van der Waals surface area contributed by atoms with E-state index in [9.17, 15) is 0 Å². The second-order valence-corrected chi connectivity index (χ2v) is 3.69. The molecule has 1 heterocycles. The average molecular weight is 214 g/mol. The van der Waals surface area contributed by atoms with Crippen molar-refractivity contribution in [1.29, 1.82) is 0 Å². The van der Waals surface area contributed by atoms with E-state index in [0.717, 1.165) is 22.4 Å². The largest absolute Gasteiger partial charge is 0.496 e. The number of hydrogen-bond acceptors (Lipinski definition) is 3. The predicted molar refractivity (Wildman–Crippen MR) is 65.4 cm³/mol. The first-order valence-corrected chi connectivity index (χ1v) is 5.06. The molecule has 2 rings (SSSR count). The highest BCUT2D eigenvalue weighted by Crippen LogP contribution is 2.26. The number of nitrogen functional groups attached to an aromatic ring is 1. The molecule has 0 saturated heterocycles. The molecule has 0 aliphatic heterocycles. The lowest BCUT2D eigenvalue weighted by molar-refractivity contribution is 0.412. The number of aryl methyl sites for hydroxylation is 1. The van der Waals surface area contributed by atoms with Crippen LogP contribution in [-0.4, -0.2) is 12.1 Å². The van der Waals surface area contributed by atoms with Crippen molar-refractivity contribution in [2.24, 2.45) is 0 Å². The molecule has 2 aromatic rings. The third-order valence-electron chi connectivity index (χ3n) is 2.49. The van der Waals surface area contributed by atoms with Gasteiger partial charge in [0.15, 0.2) is 0 Å². The minimum Gasteiger partial charge on any atom is -0.496 e. The fourth-order valence-electron chi connectivity index (χ4n) is 1.67. The number of methoxy groups -OCH3 is 1. The molecule has 1 aromatic heterocycles. The zero-order valence-corrected chi connectivity index (χ0v) is 9.40. The molecule has 0 aliphatic carbocycles. The summed E-state index contributed by atoms with van der Waals surface area (Å²) in [6.45, 7) is 2.02. The highest BCUT2D eigenvalue weighted by atomic mass is 16.5. The van der Waals surface area contributed by atoms with E-state index in [2.05, 4.69) is 11.1 Å². The number of anilines is 1. The van der Waals surface area contributed by atoms with Crippen LogP contribution in [0.25, 0.3) is 11.1 Å². The maximum Gasteiger partial charge on any atom is 0.121 e. The summed E-state index contributed by atoms with van der Waals surface area (Å²) < 4.78 is 5.22. The van der Waals surface area contributed by atoms with Gasteiger partial charge in [-0.15, -0.1) is 0 Å². The van der Waals surface area contributed by atoms with E-state index >= 15 is 0 Å². The van der Waals surface area contributed by atoms with Crippen LogP contribution in [0.3, 0.4) is 0 Å². The molecular formula is C13H14N2O. The van der Waals surface area contributed by atoms with Gasteiger partial charge in [0.1, 0.15) is 5.75 Å². The van der Waals surface area contributed by atoms with Gasteiger partial charge in [0, 0.05) is 18.0 Å². The molecule has 0 unspecified atom stereocenters. The van der Waals surface area contributed by atoms with Crippen molar-refractivity contribution in [2.75, 3.05) is 12.8 Å². The van der Waals surface area contributed by atoms with E-state index in [0.29, 0.717) is 5.69 Å². The Morgan fingerprint density at radius 1 is 1.12 bits per heavy atom. The number of rotatable bonds is 2. The summed E-state index contributed by atoms with van der Waals surface area (Å²) in [5, 5.41) is 0. The number of ether oxygens (including phenoxy) is 1. The smallest absolute Gasteiger partial charge is 0.121 e. The van der Waals surface area contributed by atoms with Gasteiger partial charge in [-0.1, -0.05) is 6.07 Å². The van der Waals surface area contributed by atoms with Crippen LogP contribution in [-0.2, 0) is 0 Å². The zero-order chi connectivity index (χ0) is 11.5. The SMILES string of the molecule is COc1ccc(-c2cncc(N)c2)cc1C. The standard InChI is InChI=1S/C13H14N2O/c1-9-5-10(3-4-13(9)16-2)11-6-12(14)8-15-7-11/h3-8H,14H2,1-2H3. The molecule has 3 heteroatoms. The van der Waals surface area contributed by atoms with Gasteiger partial charge in [0.25, 0.3) is 0 Å². The van der Waals surface area contributed by atoms with Crippen LogP contribution in [0.4, 0.5) is 5.69 Å². The van der Waals surface area contributed by atoms with Crippen LogP contribution in [0.15, 0.2) is 36.7 Å². The fraction of sp³-hybridized carbons (Fsp3) is 0.154. The average Bonchev–Trinajstić information content (AvgIpc) is 2.29. The summed E-state index contributed by atoms with van der Waals surface area (Å²) in [7, 11) is 1.67. The molecule has 1 aromatic carbocycles. The highest BCUT2D eigenvalue weighted by Gasteiger charge is 2.02. The van der Waals surface area contributed by atoms with Gasteiger partial charge in [0.2, 0.25) is 0 Å². The molecule has 0 radical (unpaired) electrons. The van der Waals surface area contributed by atoms with Gasteiger partial charge in [-0.05, 0) is 36.2 Å². The maximum absolute atomic E-state index is 5.70. The Hall–Kier alpha value is -2.03. The number of aromatic nitrogens is 1. The molecular weight excluding hydrogens is 200 g/mol.